The van der Waals surface area contributed by atoms with E-state index in [1.807, 2.05) is 6.07 Å². The molecule has 0 radical (unpaired) electrons. The SMILES string of the molecule is O=C(C1CCN(c2ncccn2)CC1)N1CCC[C@H]1c1cccs1. The number of aromatic nitrogens is 2. The van der Waals surface area contributed by atoms with Crippen LogP contribution in [0.2, 0.25) is 0 Å². The Balaban J connectivity index is 1.39. The number of rotatable bonds is 3. The van der Waals surface area contributed by atoms with Crippen molar-refractivity contribution < 1.29 is 4.79 Å². The molecule has 1 amide bonds. The average Bonchev–Trinajstić information content (AvgIpc) is 3.33. The lowest BCUT2D eigenvalue weighted by molar-refractivity contribution is -0.137. The summed E-state index contributed by atoms with van der Waals surface area (Å²) < 4.78 is 0. The highest BCUT2D eigenvalue weighted by atomic mass is 32.1. The van der Waals surface area contributed by atoms with E-state index in [-0.39, 0.29) is 5.92 Å². The van der Waals surface area contributed by atoms with Crippen molar-refractivity contribution in [1.29, 1.82) is 0 Å². The maximum absolute atomic E-state index is 13.0. The zero-order chi connectivity index (χ0) is 16.4. The van der Waals surface area contributed by atoms with Gasteiger partial charge in [0.15, 0.2) is 0 Å². The predicted octanol–water partition coefficient (Wildman–Crippen LogP) is 3.12. The number of likely N-dealkylation sites (tertiary alicyclic amines) is 1. The molecule has 2 saturated heterocycles. The van der Waals surface area contributed by atoms with Gasteiger partial charge in [-0.05, 0) is 43.2 Å². The van der Waals surface area contributed by atoms with E-state index >= 15 is 0 Å². The van der Waals surface area contributed by atoms with Crippen LogP contribution in [0.1, 0.15) is 36.6 Å². The summed E-state index contributed by atoms with van der Waals surface area (Å²) in [6, 6.07) is 6.38. The number of amides is 1. The zero-order valence-electron chi connectivity index (χ0n) is 13.7. The van der Waals surface area contributed by atoms with Gasteiger partial charge in [-0.3, -0.25) is 4.79 Å². The molecule has 24 heavy (non-hydrogen) atoms. The summed E-state index contributed by atoms with van der Waals surface area (Å²) in [6.07, 6.45) is 7.55. The van der Waals surface area contributed by atoms with Crippen LogP contribution in [0.4, 0.5) is 5.95 Å². The van der Waals surface area contributed by atoms with Crippen LogP contribution < -0.4 is 4.90 Å². The Bertz CT molecular complexity index is 668. The lowest BCUT2D eigenvalue weighted by Gasteiger charge is -2.34. The largest absolute Gasteiger partial charge is 0.341 e. The van der Waals surface area contributed by atoms with Crippen LogP contribution in [0, 0.1) is 5.92 Å². The molecule has 126 valence electrons. The summed E-state index contributed by atoms with van der Waals surface area (Å²) in [5, 5.41) is 2.11. The molecular formula is C18H22N4OS. The van der Waals surface area contributed by atoms with Gasteiger partial charge >= 0.3 is 0 Å². The minimum absolute atomic E-state index is 0.144. The van der Waals surface area contributed by atoms with Gasteiger partial charge in [0.05, 0.1) is 6.04 Å². The first-order chi connectivity index (χ1) is 11.8. The van der Waals surface area contributed by atoms with Gasteiger partial charge in [0, 0.05) is 42.8 Å². The fourth-order valence-corrected chi connectivity index (χ4v) is 4.70. The maximum atomic E-state index is 13.0. The first kappa shape index (κ1) is 15.6. The minimum Gasteiger partial charge on any atom is -0.341 e. The molecule has 0 N–H and O–H groups in total. The fraction of sp³-hybridized carbons (Fsp3) is 0.500. The highest BCUT2D eigenvalue weighted by Gasteiger charge is 2.36. The molecule has 0 saturated carbocycles. The highest BCUT2D eigenvalue weighted by Crippen LogP contribution is 2.36. The van der Waals surface area contributed by atoms with Crippen LogP contribution in [-0.4, -0.2) is 40.4 Å². The van der Waals surface area contributed by atoms with Crippen LogP contribution in [0.15, 0.2) is 36.0 Å². The van der Waals surface area contributed by atoms with Gasteiger partial charge in [0.2, 0.25) is 11.9 Å². The molecule has 2 aromatic heterocycles. The van der Waals surface area contributed by atoms with E-state index in [9.17, 15) is 4.79 Å². The summed E-state index contributed by atoms with van der Waals surface area (Å²) in [4.78, 5) is 27.3. The molecule has 0 aliphatic carbocycles. The van der Waals surface area contributed by atoms with Crippen LogP contribution in [0.25, 0.3) is 0 Å². The van der Waals surface area contributed by atoms with E-state index in [1.54, 1.807) is 23.7 Å². The Labute approximate surface area is 146 Å². The van der Waals surface area contributed by atoms with Crippen molar-refractivity contribution in [1.82, 2.24) is 14.9 Å². The molecule has 6 heteroatoms. The van der Waals surface area contributed by atoms with E-state index in [0.717, 1.165) is 51.3 Å². The van der Waals surface area contributed by atoms with Crippen LogP contribution in [-0.2, 0) is 4.79 Å². The fourth-order valence-electron chi connectivity index (χ4n) is 3.82. The molecular weight excluding hydrogens is 320 g/mol. The van der Waals surface area contributed by atoms with E-state index < -0.39 is 0 Å². The molecule has 1 atom stereocenters. The maximum Gasteiger partial charge on any atom is 0.226 e. The van der Waals surface area contributed by atoms with Crippen molar-refractivity contribution in [2.45, 2.75) is 31.7 Å². The molecule has 0 spiro atoms. The van der Waals surface area contributed by atoms with Gasteiger partial charge in [-0.25, -0.2) is 9.97 Å². The second-order valence-corrected chi connectivity index (χ2v) is 7.49. The third-order valence-electron chi connectivity index (χ3n) is 5.09. The van der Waals surface area contributed by atoms with Crippen molar-refractivity contribution >= 4 is 23.2 Å². The molecule has 2 fully saturated rings. The normalized spacial score (nSPS) is 22.1. The second kappa shape index (κ2) is 6.89. The average molecular weight is 342 g/mol. The number of nitrogens with zero attached hydrogens (tertiary/aromatic N) is 4. The van der Waals surface area contributed by atoms with Gasteiger partial charge in [0.1, 0.15) is 0 Å². The van der Waals surface area contributed by atoms with Gasteiger partial charge in [-0.1, -0.05) is 6.07 Å². The summed E-state index contributed by atoms with van der Waals surface area (Å²) in [7, 11) is 0. The van der Waals surface area contributed by atoms with Crippen LogP contribution in [0.5, 0.6) is 0 Å². The topological polar surface area (TPSA) is 49.3 Å². The van der Waals surface area contributed by atoms with E-state index in [0.29, 0.717) is 11.9 Å². The summed E-state index contributed by atoms with van der Waals surface area (Å²) in [6.45, 7) is 2.62. The molecule has 2 aliphatic rings. The molecule has 2 aliphatic heterocycles. The van der Waals surface area contributed by atoms with Crippen LogP contribution in [0.3, 0.4) is 0 Å². The van der Waals surface area contributed by atoms with Crippen molar-refractivity contribution in [3.05, 3.63) is 40.8 Å². The Morgan fingerprint density at radius 1 is 1.08 bits per heavy atom. The van der Waals surface area contributed by atoms with Crippen molar-refractivity contribution in [3.8, 4) is 0 Å². The monoisotopic (exact) mass is 342 g/mol. The number of hydrogen-bond acceptors (Lipinski definition) is 5. The number of hydrogen-bond donors (Lipinski definition) is 0. The molecule has 0 unspecified atom stereocenters. The summed E-state index contributed by atoms with van der Waals surface area (Å²) in [5.41, 5.74) is 0. The first-order valence-electron chi connectivity index (χ1n) is 8.69. The number of carbonyl (C=O) groups is 1. The first-order valence-corrected chi connectivity index (χ1v) is 9.57. The number of piperidine rings is 1. The van der Waals surface area contributed by atoms with Crippen molar-refractivity contribution in [2.75, 3.05) is 24.5 Å². The quantitative estimate of drug-likeness (QED) is 0.860. The third-order valence-corrected chi connectivity index (χ3v) is 6.06. The smallest absolute Gasteiger partial charge is 0.226 e. The summed E-state index contributed by atoms with van der Waals surface area (Å²) >= 11 is 1.77. The second-order valence-electron chi connectivity index (χ2n) is 6.52. The van der Waals surface area contributed by atoms with Gasteiger partial charge < -0.3 is 9.80 Å². The lowest BCUT2D eigenvalue weighted by Crippen LogP contribution is -2.42. The van der Waals surface area contributed by atoms with Crippen molar-refractivity contribution in [2.24, 2.45) is 5.92 Å². The molecule has 4 heterocycles. The number of thiophene rings is 1. The molecule has 4 rings (SSSR count). The number of carbonyl (C=O) groups excluding carboxylic acids is 1. The Morgan fingerprint density at radius 2 is 1.88 bits per heavy atom. The molecule has 5 nitrogen and oxygen atoms in total. The minimum atomic E-state index is 0.144. The van der Waals surface area contributed by atoms with Gasteiger partial charge in [-0.2, -0.15) is 0 Å². The van der Waals surface area contributed by atoms with Gasteiger partial charge in [0.25, 0.3) is 0 Å². The lowest BCUT2D eigenvalue weighted by atomic mass is 9.95. The molecule has 0 aromatic carbocycles. The van der Waals surface area contributed by atoms with Crippen molar-refractivity contribution in [3.63, 3.8) is 0 Å². The standard InChI is InChI=1S/C18H22N4OS/c23-17(22-10-1-4-15(22)16-5-2-13-24-16)14-6-11-21(12-7-14)18-19-8-3-9-20-18/h2-3,5,8-9,13-15H,1,4,6-7,10-12H2/t15-/m0/s1. The molecule has 0 bridgehead atoms. The van der Waals surface area contributed by atoms with Gasteiger partial charge in [-0.15, -0.1) is 11.3 Å². The number of anilines is 1. The Morgan fingerprint density at radius 3 is 2.58 bits per heavy atom. The molecule has 2 aromatic rings. The van der Waals surface area contributed by atoms with E-state index in [2.05, 4.69) is 37.3 Å². The summed E-state index contributed by atoms with van der Waals surface area (Å²) in [5.74, 6) is 1.27. The Kier molecular flexibility index (Phi) is 4.47. The third kappa shape index (κ3) is 3.02. The predicted molar refractivity (Wildman–Crippen MR) is 95.0 cm³/mol. The Hall–Kier alpha value is -1.95. The van der Waals surface area contributed by atoms with E-state index in [4.69, 9.17) is 0 Å². The van der Waals surface area contributed by atoms with Crippen LogP contribution >= 0.6 is 11.3 Å². The highest BCUT2D eigenvalue weighted by molar-refractivity contribution is 7.10. The van der Waals surface area contributed by atoms with E-state index in [1.165, 1.54) is 4.88 Å². The zero-order valence-corrected chi connectivity index (χ0v) is 14.5.